The van der Waals surface area contributed by atoms with Crippen molar-refractivity contribution in [2.75, 3.05) is 36.4 Å². The highest BCUT2D eigenvalue weighted by Crippen LogP contribution is 2.22. The summed E-state index contributed by atoms with van der Waals surface area (Å²) in [5, 5.41) is 13.8. The fraction of sp³-hybridized carbons (Fsp3) is 0.286. The van der Waals surface area contributed by atoms with Crippen molar-refractivity contribution < 1.29 is 19.5 Å². The van der Waals surface area contributed by atoms with Gasteiger partial charge in [-0.25, -0.2) is 0 Å². The normalized spacial score (nSPS) is 13.8. The molecule has 2 amide bonds. The number of carbonyl (C=O) groups excluding carboxylic acids is 3. The van der Waals surface area contributed by atoms with Crippen LogP contribution in [0, 0.1) is 0 Å². The molecule has 29 heavy (non-hydrogen) atoms. The maximum atomic E-state index is 13.0. The van der Waals surface area contributed by atoms with E-state index in [1.807, 2.05) is 24.3 Å². The number of carboxylic acid groups (broad SMARTS) is 1. The zero-order chi connectivity index (χ0) is 20.8. The van der Waals surface area contributed by atoms with Crippen LogP contribution in [-0.2, 0) is 9.59 Å². The molecule has 1 N–H and O–H groups in total. The van der Waals surface area contributed by atoms with Crippen molar-refractivity contribution in [3.05, 3.63) is 59.1 Å². The first-order valence-corrected chi connectivity index (χ1v) is 9.70. The van der Waals surface area contributed by atoms with E-state index in [1.165, 1.54) is 0 Å². The van der Waals surface area contributed by atoms with E-state index in [9.17, 15) is 19.5 Å². The molecule has 0 aliphatic carbocycles. The summed E-state index contributed by atoms with van der Waals surface area (Å²) in [7, 11) is 0. The maximum Gasteiger partial charge on any atom is 0.256 e. The molecule has 2 aromatic carbocycles. The standard InChI is InChI=1S/C21H22ClN3O4/c22-15-5-7-16(8-6-15)24-11-13-25(14-12-24)21(29)17-3-1-2-4-18(17)23-19(26)9-10-20(27)28/h1-8H,9-14H2,(H,23,26)(H,27,28)/p-1. The predicted molar refractivity (Wildman–Crippen MR) is 109 cm³/mol. The lowest BCUT2D eigenvalue weighted by atomic mass is 10.1. The van der Waals surface area contributed by atoms with Crippen molar-refractivity contribution in [1.29, 1.82) is 0 Å². The molecule has 0 unspecified atom stereocenters. The van der Waals surface area contributed by atoms with E-state index in [2.05, 4.69) is 10.2 Å². The molecule has 0 atom stereocenters. The molecule has 1 heterocycles. The second kappa shape index (κ2) is 9.43. The van der Waals surface area contributed by atoms with E-state index >= 15 is 0 Å². The van der Waals surface area contributed by atoms with E-state index < -0.39 is 11.9 Å². The Kier molecular flexibility index (Phi) is 6.72. The van der Waals surface area contributed by atoms with Crippen molar-refractivity contribution in [3.8, 4) is 0 Å². The largest absolute Gasteiger partial charge is 0.550 e. The second-order valence-corrected chi connectivity index (χ2v) is 7.16. The highest BCUT2D eigenvalue weighted by molar-refractivity contribution is 6.30. The number of para-hydroxylation sites is 1. The van der Waals surface area contributed by atoms with Crippen LogP contribution in [0.25, 0.3) is 0 Å². The molecule has 0 bridgehead atoms. The number of aliphatic carboxylic acids is 1. The molecule has 1 aliphatic heterocycles. The van der Waals surface area contributed by atoms with Gasteiger partial charge in [-0.2, -0.15) is 0 Å². The number of hydrogen-bond donors (Lipinski definition) is 1. The van der Waals surface area contributed by atoms with E-state index in [1.54, 1.807) is 29.2 Å². The molecule has 0 saturated carbocycles. The minimum absolute atomic E-state index is 0.170. The average Bonchev–Trinajstić information content (AvgIpc) is 2.73. The van der Waals surface area contributed by atoms with Crippen LogP contribution >= 0.6 is 11.6 Å². The van der Waals surface area contributed by atoms with Gasteiger partial charge in [0.05, 0.1) is 11.3 Å². The zero-order valence-electron chi connectivity index (χ0n) is 15.8. The lowest BCUT2D eigenvalue weighted by molar-refractivity contribution is -0.305. The third-order valence-electron chi connectivity index (χ3n) is 4.75. The van der Waals surface area contributed by atoms with Gasteiger partial charge in [0.25, 0.3) is 5.91 Å². The highest BCUT2D eigenvalue weighted by Gasteiger charge is 2.24. The van der Waals surface area contributed by atoms with Gasteiger partial charge in [0.1, 0.15) is 0 Å². The van der Waals surface area contributed by atoms with Crippen molar-refractivity contribution in [2.45, 2.75) is 12.8 Å². The molecule has 152 valence electrons. The Morgan fingerprint density at radius 2 is 1.59 bits per heavy atom. The van der Waals surface area contributed by atoms with E-state index in [0.717, 1.165) is 5.69 Å². The molecule has 0 radical (unpaired) electrons. The molecule has 0 spiro atoms. The number of nitrogens with one attached hydrogen (secondary N) is 1. The van der Waals surface area contributed by atoms with Crippen LogP contribution in [0.4, 0.5) is 11.4 Å². The van der Waals surface area contributed by atoms with Crippen LogP contribution in [0.2, 0.25) is 5.02 Å². The number of carbonyl (C=O) groups is 3. The summed E-state index contributed by atoms with van der Waals surface area (Å²) in [6, 6.07) is 14.3. The molecular weight excluding hydrogens is 394 g/mol. The first kappa shape index (κ1) is 20.7. The van der Waals surface area contributed by atoms with Crippen molar-refractivity contribution in [2.24, 2.45) is 0 Å². The molecule has 1 fully saturated rings. The number of amides is 2. The van der Waals surface area contributed by atoms with E-state index in [-0.39, 0.29) is 18.7 Å². The minimum atomic E-state index is -1.29. The number of hydrogen-bond acceptors (Lipinski definition) is 5. The number of anilines is 2. The van der Waals surface area contributed by atoms with Crippen LogP contribution in [0.1, 0.15) is 23.2 Å². The first-order valence-electron chi connectivity index (χ1n) is 9.32. The Labute approximate surface area is 173 Å². The van der Waals surface area contributed by atoms with Crippen LogP contribution in [0.3, 0.4) is 0 Å². The fourth-order valence-corrected chi connectivity index (χ4v) is 3.32. The van der Waals surface area contributed by atoms with Crippen LogP contribution in [0.5, 0.6) is 0 Å². The van der Waals surface area contributed by atoms with Gasteiger partial charge in [-0.05, 0) is 42.8 Å². The van der Waals surface area contributed by atoms with Crippen molar-refractivity contribution in [1.82, 2.24) is 4.90 Å². The second-order valence-electron chi connectivity index (χ2n) is 6.72. The van der Waals surface area contributed by atoms with Gasteiger partial charge in [-0.3, -0.25) is 9.59 Å². The summed E-state index contributed by atoms with van der Waals surface area (Å²) in [5.41, 5.74) is 1.82. The maximum absolute atomic E-state index is 13.0. The fourth-order valence-electron chi connectivity index (χ4n) is 3.20. The van der Waals surface area contributed by atoms with Gasteiger partial charge in [-0.15, -0.1) is 0 Å². The van der Waals surface area contributed by atoms with Gasteiger partial charge in [0, 0.05) is 49.3 Å². The Hall–Kier alpha value is -3.06. The SMILES string of the molecule is O=C([O-])CCC(=O)Nc1ccccc1C(=O)N1CCN(c2ccc(Cl)cc2)CC1. The number of carboxylic acids is 1. The third kappa shape index (κ3) is 5.48. The molecular formula is C21H21ClN3O4-. The molecule has 7 nitrogen and oxygen atoms in total. The summed E-state index contributed by atoms with van der Waals surface area (Å²) < 4.78 is 0. The number of piperazine rings is 1. The summed E-state index contributed by atoms with van der Waals surface area (Å²) in [6.07, 6.45) is -0.570. The van der Waals surface area contributed by atoms with Gasteiger partial charge in [0.2, 0.25) is 5.91 Å². The van der Waals surface area contributed by atoms with Crippen molar-refractivity contribution in [3.63, 3.8) is 0 Å². The lowest BCUT2D eigenvalue weighted by Gasteiger charge is -2.36. The van der Waals surface area contributed by atoms with Gasteiger partial charge in [0.15, 0.2) is 0 Å². The van der Waals surface area contributed by atoms with Crippen molar-refractivity contribution >= 4 is 40.8 Å². The number of halogens is 1. The van der Waals surface area contributed by atoms with Gasteiger partial charge < -0.3 is 25.0 Å². The number of benzene rings is 2. The van der Waals surface area contributed by atoms with E-state index in [0.29, 0.717) is 42.5 Å². The first-order chi connectivity index (χ1) is 13.9. The monoisotopic (exact) mass is 414 g/mol. The Balaban J connectivity index is 1.63. The average molecular weight is 415 g/mol. The Morgan fingerprint density at radius 3 is 2.24 bits per heavy atom. The molecule has 8 heteroatoms. The predicted octanol–water partition coefficient (Wildman–Crippen LogP) is 1.77. The number of rotatable bonds is 6. The molecule has 1 saturated heterocycles. The minimum Gasteiger partial charge on any atom is -0.550 e. The Morgan fingerprint density at radius 1 is 0.931 bits per heavy atom. The van der Waals surface area contributed by atoms with Gasteiger partial charge >= 0.3 is 0 Å². The molecule has 3 rings (SSSR count). The summed E-state index contributed by atoms with van der Waals surface area (Å²) in [6.45, 7) is 2.48. The topological polar surface area (TPSA) is 92.8 Å². The Bertz CT molecular complexity index is 893. The summed E-state index contributed by atoms with van der Waals surface area (Å²) in [5.74, 6) is -1.93. The summed E-state index contributed by atoms with van der Waals surface area (Å²) in [4.78, 5) is 39.4. The van der Waals surface area contributed by atoms with Crippen LogP contribution in [0.15, 0.2) is 48.5 Å². The quantitative estimate of drug-likeness (QED) is 0.777. The summed E-state index contributed by atoms with van der Waals surface area (Å²) >= 11 is 5.94. The van der Waals surface area contributed by atoms with E-state index in [4.69, 9.17) is 11.6 Å². The van der Waals surface area contributed by atoms with Crippen LogP contribution in [-0.4, -0.2) is 48.9 Å². The number of nitrogens with zero attached hydrogens (tertiary/aromatic N) is 2. The highest BCUT2D eigenvalue weighted by atomic mass is 35.5. The smallest absolute Gasteiger partial charge is 0.256 e. The zero-order valence-corrected chi connectivity index (χ0v) is 16.5. The lowest BCUT2D eigenvalue weighted by Crippen LogP contribution is -2.49. The van der Waals surface area contributed by atoms with Crippen LogP contribution < -0.4 is 15.3 Å². The van der Waals surface area contributed by atoms with Gasteiger partial charge in [-0.1, -0.05) is 23.7 Å². The molecule has 2 aromatic rings. The molecule has 1 aliphatic rings. The third-order valence-corrected chi connectivity index (χ3v) is 5.00. The molecule has 0 aromatic heterocycles.